The van der Waals surface area contributed by atoms with Crippen molar-refractivity contribution in [2.45, 2.75) is 38.6 Å². The van der Waals surface area contributed by atoms with E-state index in [9.17, 15) is 22.8 Å². The highest BCUT2D eigenvalue weighted by atomic mass is 19.4. The van der Waals surface area contributed by atoms with E-state index in [0.717, 1.165) is 11.0 Å². The average molecular weight is 552 g/mol. The molecule has 6 rings (SSSR count). The van der Waals surface area contributed by atoms with Crippen LogP contribution in [0.4, 0.5) is 18.9 Å². The quantitative estimate of drug-likeness (QED) is 0.294. The first-order valence-electron chi connectivity index (χ1n) is 12.7. The molecule has 2 aliphatic rings. The topological polar surface area (TPSA) is 82.9 Å². The van der Waals surface area contributed by atoms with Gasteiger partial charge in [0.1, 0.15) is 30.5 Å². The second-order valence-corrected chi connectivity index (χ2v) is 9.54. The van der Waals surface area contributed by atoms with Gasteiger partial charge < -0.3 is 14.2 Å². The molecule has 1 aromatic heterocycles. The number of carbonyl (C=O) groups is 2. The third-order valence-corrected chi connectivity index (χ3v) is 7.09. The molecule has 206 valence electrons. The summed E-state index contributed by atoms with van der Waals surface area (Å²) >= 11 is 0. The summed E-state index contributed by atoms with van der Waals surface area (Å²) in [5.41, 5.74) is 3.14. The number of aromatic nitrogens is 2. The second-order valence-electron chi connectivity index (χ2n) is 9.54. The van der Waals surface area contributed by atoms with E-state index in [2.05, 4.69) is 4.98 Å². The summed E-state index contributed by atoms with van der Waals surface area (Å²) in [5.74, 6) is -1.15. The molecule has 3 heterocycles. The number of aryl methyl sites for hydroxylation is 1. The standard InChI is InChI=1S/C29H24F3N3O5/c1-3-26(36)40-25-15-38-24-13-17(11-12-19(24)25)35(28(37)29(30,31)32)23-14-39-27-18(23)7-6-10-22(27)34-16(2)33-20-8-4-5-9-21(20)34/h4-13,23,25H,3,14-15H2,1-2H3/t23?,25-/m1/s1. The third-order valence-electron chi connectivity index (χ3n) is 7.09. The van der Waals surface area contributed by atoms with Gasteiger partial charge in [-0.05, 0) is 37.3 Å². The highest BCUT2D eigenvalue weighted by Crippen LogP contribution is 2.46. The van der Waals surface area contributed by atoms with Crippen LogP contribution in [0.25, 0.3) is 16.7 Å². The zero-order valence-corrected chi connectivity index (χ0v) is 21.6. The van der Waals surface area contributed by atoms with Crippen molar-refractivity contribution in [1.29, 1.82) is 0 Å². The summed E-state index contributed by atoms with van der Waals surface area (Å²) in [6, 6.07) is 15.9. The molecular formula is C29H24F3N3O5. The van der Waals surface area contributed by atoms with E-state index in [1.807, 2.05) is 35.8 Å². The van der Waals surface area contributed by atoms with Gasteiger partial charge in [-0.2, -0.15) is 13.2 Å². The number of alkyl halides is 3. The van der Waals surface area contributed by atoms with E-state index in [0.29, 0.717) is 33.3 Å². The number of fused-ring (bicyclic) bond motifs is 3. The molecule has 8 nitrogen and oxygen atoms in total. The molecule has 0 saturated carbocycles. The highest BCUT2D eigenvalue weighted by molar-refractivity contribution is 5.98. The Hall–Kier alpha value is -4.54. The van der Waals surface area contributed by atoms with E-state index in [1.165, 1.54) is 18.2 Å². The van der Waals surface area contributed by atoms with Crippen molar-refractivity contribution >= 4 is 28.6 Å². The van der Waals surface area contributed by atoms with Crippen LogP contribution in [-0.2, 0) is 14.3 Å². The van der Waals surface area contributed by atoms with Crippen LogP contribution in [-0.4, -0.2) is 40.8 Å². The van der Waals surface area contributed by atoms with Gasteiger partial charge in [-0.1, -0.05) is 31.2 Å². The molecule has 4 aromatic rings. The fourth-order valence-corrected chi connectivity index (χ4v) is 5.29. The van der Waals surface area contributed by atoms with Gasteiger partial charge in [0.2, 0.25) is 0 Å². The largest absolute Gasteiger partial charge is 0.489 e. The number of ether oxygens (including phenoxy) is 3. The van der Waals surface area contributed by atoms with Crippen LogP contribution in [0.5, 0.6) is 11.5 Å². The van der Waals surface area contributed by atoms with E-state index in [4.69, 9.17) is 14.2 Å². The number of imidazole rings is 1. The summed E-state index contributed by atoms with van der Waals surface area (Å²) in [5, 5.41) is 0. The van der Waals surface area contributed by atoms with Gasteiger partial charge in [-0.3, -0.25) is 19.1 Å². The smallest absolute Gasteiger partial charge is 0.471 e. The lowest BCUT2D eigenvalue weighted by Gasteiger charge is -2.29. The van der Waals surface area contributed by atoms with Crippen molar-refractivity contribution in [1.82, 2.24) is 9.55 Å². The fraction of sp³-hybridized carbons (Fsp3) is 0.276. The van der Waals surface area contributed by atoms with Crippen LogP contribution in [0, 0.1) is 6.92 Å². The van der Waals surface area contributed by atoms with Crippen LogP contribution in [0.3, 0.4) is 0 Å². The Morgan fingerprint density at radius 1 is 1.05 bits per heavy atom. The number of esters is 1. The number of benzene rings is 3. The van der Waals surface area contributed by atoms with Crippen molar-refractivity contribution in [3.05, 3.63) is 77.6 Å². The summed E-state index contributed by atoms with van der Waals surface area (Å²) < 4.78 is 60.7. The Morgan fingerprint density at radius 3 is 2.62 bits per heavy atom. The van der Waals surface area contributed by atoms with Gasteiger partial charge in [0.05, 0.1) is 22.8 Å². The van der Waals surface area contributed by atoms with Crippen LogP contribution in [0.1, 0.15) is 42.4 Å². The summed E-state index contributed by atoms with van der Waals surface area (Å²) in [7, 11) is 0. The maximum absolute atomic E-state index is 13.9. The first-order chi connectivity index (χ1) is 19.2. The predicted octanol–water partition coefficient (Wildman–Crippen LogP) is 5.75. The maximum Gasteiger partial charge on any atom is 0.471 e. The molecule has 2 atom stereocenters. The van der Waals surface area contributed by atoms with E-state index in [-0.39, 0.29) is 31.1 Å². The first kappa shape index (κ1) is 25.7. The minimum atomic E-state index is -5.14. The number of halogens is 3. The molecule has 0 N–H and O–H groups in total. The molecule has 40 heavy (non-hydrogen) atoms. The summed E-state index contributed by atoms with van der Waals surface area (Å²) in [6.45, 7) is 3.34. The van der Waals surface area contributed by atoms with Gasteiger partial charge >= 0.3 is 18.1 Å². The van der Waals surface area contributed by atoms with E-state index in [1.54, 1.807) is 25.1 Å². The first-order valence-corrected chi connectivity index (χ1v) is 12.7. The third kappa shape index (κ3) is 4.21. The Labute approximate surface area is 226 Å². The minimum absolute atomic E-state index is 0.0142. The highest BCUT2D eigenvalue weighted by Gasteiger charge is 2.48. The molecule has 0 spiro atoms. The van der Waals surface area contributed by atoms with Gasteiger partial charge in [0.25, 0.3) is 0 Å². The van der Waals surface area contributed by atoms with Crippen molar-refractivity contribution < 1.29 is 37.0 Å². The van der Waals surface area contributed by atoms with Crippen LogP contribution >= 0.6 is 0 Å². The fourth-order valence-electron chi connectivity index (χ4n) is 5.29. The Balaban J connectivity index is 1.42. The lowest BCUT2D eigenvalue weighted by molar-refractivity contribution is -0.171. The van der Waals surface area contributed by atoms with Crippen molar-refractivity contribution in [2.24, 2.45) is 0 Å². The zero-order chi connectivity index (χ0) is 28.2. The van der Waals surface area contributed by atoms with E-state index >= 15 is 0 Å². The van der Waals surface area contributed by atoms with Gasteiger partial charge in [0.15, 0.2) is 6.10 Å². The predicted molar refractivity (Wildman–Crippen MR) is 139 cm³/mol. The van der Waals surface area contributed by atoms with Gasteiger partial charge in [-0.15, -0.1) is 0 Å². The molecule has 1 amide bonds. The molecule has 0 fully saturated rings. The normalized spacial score (nSPS) is 17.6. The van der Waals surface area contributed by atoms with Crippen molar-refractivity contribution in [2.75, 3.05) is 18.1 Å². The molecule has 2 aliphatic heterocycles. The van der Waals surface area contributed by atoms with Crippen LogP contribution < -0.4 is 14.4 Å². The molecule has 0 bridgehead atoms. The molecule has 0 radical (unpaired) electrons. The number of nitrogens with zero attached hydrogens (tertiary/aromatic N) is 3. The Morgan fingerprint density at radius 2 is 1.85 bits per heavy atom. The number of carbonyl (C=O) groups excluding carboxylic acids is 2. The molecule has 0 saturated heterocycles. The summed E-state index contributed by atoms with van der Waals surface area (Å²) in [6.07, 6.45) is -5.64. The van der Waals surface area contributed by atoms with Gasteiger partial charge in [0, 0.05) is 29.3 Å². The summed E-state index contributed by atoms with van der Waals surface area (Å²) in [4.78, 5) is 29.9. The Bertz CT molecular complexity index is 1650. The van der Waals surface area contributed by atoms with Gasteiger partial charge in [-0.25, -0.2) is 4.98 Å². The number of hydrogen-bond donors (Lipinski definition) is 0. The average Bonchev–Trinajstić information content (AvgIpc) is 3.63. The molecular weight excluding hydrogens is 527 g/mol. The number of anilines is 1. The van der Waals surface area contributed by atoms with Crippen molar-refractivity contribution in [3.63, 3.8) is 0 Å². The number of rotatable bonds is 5. The maximum atomic E-state index is 13.9. The lowest BCUT2D eigenvalue weighted by Crippen LogP contribution is -2.44. The second kappa shape index (κ2) is 9.58. The minimum Gasteiger partial charge on any atom is -0.489 e. The van der Waals surface area contributed by atoms with E-state index < -0.39 is 30.2 Å². The molecule has 0 aliphatic carbocycles. The van der Waals surface area contributed by atoms with Crippen molar-refractivity contribution in [3.8, 4) is 17.2 Å². The SMILES string of the molecule is CCC(=O)O[C@@H]1COc2cc(N(C(=O)C(F)(F)F)C3COc4c3cccc4-n3c(C)nc4ccccc43)ccc21. The molecule has 1 unspecified atom stereocenters. The molecule has 3 aromatic carbocycles. The number of hydrogen-bond acceptors (Lipinski definition) is 6. The lowest BCUT2D eigenvalue weighted by atomic mass is 10.0. The number of amides is 1. The number of para-hydroxylation sites is 3. The molecule has 11 heteroatoms. The van der Waals surface area contributed by atoms with Crippen LogP contribution in [0.2, 0.25) is 0 Å². The van der Waals surface area contributed by atoms with Crippen LogP contribution in [0.15, 0.2) is 60.7 Å². The zero-order valence-electron chi connectivity index (χ0n) is 21.6. The Kier molecular flexibility index (Phi) is 6.16. The monoisotopic (exact) mass is 551 g/mol.